The molecule has 0 unspecified atom stereocenters. The summed E-state index contributed by atoms with van der Waals surface area (Å²) in [7, 11) is 0. The topological polar surface area (TPSA) is 12.0 Å². The lowest BCUT2D eigenvalue weighted by Crippen LogP contribution is -2.12. The van der Waals surface area contributed by atoms with Crippen LogP contribution in [0, 0.1) is 5.92 Å². The Balaban J connectivity index is 1.73. The molecule has 1 aliphatic rings. The average molecular weight is 238 g/mol. The summed E-state index contributed by atoms with van der Waals surface area (Å²) in [6.07, 6.45) is 8.42. The van der Waals surface area contributed by atoms with E-state index < -0.39 is 0 Å². The van der Waals surface area contributed by atoms with Gasteiger partial charge in [-0.2, -0.15) is 0 Å². The van der Waals surface area contributed by atoms with Gasteiger partial charge in [0.05, 0.1) is 10.7 Å². The van der Waals surface area contributed by atoms with Crippen molar-refractivity contribution >= 4 is 17.3 Å². The zero-order chi connectivity index (χ0) is 11.2. The first kappa shape index (κ1) is 11.8. The summed E-state index contributed by atoms with van der Waals surface area (Å²) in [6, 6.07) is 7.97. The molecule has 88 valence electrons. The first-order valence-corrected chi connectivity index (χ1v) is 6.72. The molecule has 0 aliphatic heterocycles. The first-order valence-electron chi connectivity index (χ1n) is 6.34. The van der Waals surface area contributed by atoms with Gasteiger partial charge in [-0.1, -0.05) is 55.8 Å². The highest BCUT2D eigenvalue weighted by Crippen LogP contribution is 2.27. The highest BCUT2D eigenvalue weighted by molar-refractivity contribution is 6.33. The van der Waals surface area contributed by atoms with Gasteiger partial charge in [0.25, 0.3) is 0 Å². The standard InChI is InChI=1S/C14H20ClN/c15-13-8-4-5-9-14(13)16-11-10-12-6-2-1-3-7-12/h4-5,8-9,12,16H,1-3,6-7,10-11H2. The number of nitrogens with one attached hydrogen (secondary N) is 1. The Hall–Kier alpha value is -0.690. The number of hydrogen-bond donors (Lipinski definition) is 1. The Morgan fingerprint density at radius 1 is 1.12 bits per heavy atom. The maximum Gasteiger partial charge on any atom is 0.0637 e. The van der Waals surface area contributed by atoms with E-state index in [-0.39, 0.29) is 0 Å². The van der Waals surface area contributed by atoms with Gasteiger partial charge in [-0.3, -0.25) is 0 Å². The molecule has 1 N–H and O–H groups in total. The van der Waals surface area contributed by atoms with Gasteiger partial charge < -0.3 is 5.32 Å². The van der Waals surface area contributed by atoms with Gasteiger partial charge in [-0.05, 0) is 24.5 Å². The van der Waals surface area contributed by atoms with Crippen molar-refractivity contribution in [2.24, 2.45) is 5.92 Å². The third-order valence-corrected chi connectivity index (χ3v) is 3.80. The molecular weight excluding hydrogens is 218 g/mol. The van der Waals surface area contributed by atoms with E-state index in [1.54, 1.807) is 0 Å². The molecule has 0 aromatic heterocycles. The third-order valence-electron chi connectivity index (χ3n) is 3.47. The van der Waals surface area contributed by atoms with Crippen molar-refractivity contribution in [3.63, 3.8) is 0 Å². The maximum absolute atomic E-state index is 6.08. The Bertz CT molecular complexity index is 318. The fourth-order valence-electron chi connectivity index (χ4n) is 2.49. The highest BCUT2D eigenvalue weighted by atomic mass is 35.5. The van der Waals surface area contributed by atoms with Crippen LogP contribution >= 0.6 is 11.6 Å². The van der Waals surface area contributed by atoms with E-state index in [9.17, 15) is 0 Å². The van der Waals surface area contributed by atoms with Crippen LogP contribution in [0.4, 0.5) is 5.69 Å². The Kier molecular flexibility index (Phi) is 4.53. The summed E-state index contributed by atoms with van der Waals surface area (Å²) in [5.41, 5.74) is 1.07. The lowest BCUT2D eigenvalue weighted by molar-refractivity contribution is 0.345. The molecule has 0 saturated heterocycles. The van der Waals surface area contributed by atoms with Gasteiger partial charge in [0.2, 0.25) is 0 Å². The number of para-hydroxylation sites is 1. The largest absolute Gasteiger partial charge is 0.384 e. The Morgan fingerprint density at radius 2 is 1.88 bits per heavy atom. The van der Waals surface area contributed by atoms with Crippen molar-refractivity contribution in [2.45, 2.75) is 38.5 Å². The summed E-state index contributed by atoms with van der Waals surface area (Å²) in [6.45, 7) is 1.05. The second-order valence-electron chi connectivity index (χ2n) is 4.70. The van der Waals surface area contributed by atoms with Gasteiger partial charge in [-0.15, -0.1) is 0 Å². The van der Waals surface area contributed by atoms with Crippen molar-refractivity contribution in [3.05, 3.63) is 29.3 Å². The van der Waals surface area contributed by atoms with E-state index in [0.29, 0.717) is 0 Å². The SMILES string of the molecule is Clc1ccccc1NCCC1CCCCC1. The van der Waals surface area contributed by atoms with Crippen LogP contribution in [0.1, 0.15) is 38.5 Å². The van der Waals surface area contributed by atoms with Crippen LogP contribution in [-0.2, 0) is 0 Å². The van der Waals surface area contributed by atoms with Crippen LogP contribution in [0.25, 0.3) is 0 Å². The van der Waals surface area contributed by atoms with E-state index in [4.69, 9.17) is 11.6 Å². The summed E-state index contributed by atoms with van der Waals surface area (Å²) in [5.74, 6) is 0.934. The lowest BCUT2D eigenvalue weighted by Gasteiger charge is -2.21. The van der Waals surface area contributed by atoms with E-state index in [0.717, 1.165) is 23.2 Å². The predicted octanol–water partition coefficient (Wildman–Crippen LogP) is 4.72. The molecule has 1 nitrogen and oxygen atoms in total. The second kappa shape index (κ2) is 6.15. The minimum Gasteiger partial charge on any atom is -0.384 e. The van der Waals surface area contributed by atoms with Gasteiger partial charge in [0.15, 0.2) is 0 Å². The summed E-state index contributed by atoms with van der Waals surface area (Å²) >= 11 is 6.08. The van der Waals surface area contributed by atoms with Crippen LogP contribution in [0.3, 0.4) is 0 Å². The van der Waals surface area contributed by atoms with Crippen molar-refractivity contribution in [1.29, 1.82) is 0 Å². The van der Waals surface area contributed by atoms with Crippen LogP contribution in [0.15, 0.2) is 24.3 Å². The average Bonchev–Trinajstić information content (AvgIpc) is 2.33. The number of hydrogen-bond acceptors (Lipinski definition) is 1. The molecule has 1 saturated carbocycles. The van der Waals surface area contributed by atoms with Crippen molar-refractivity contribution in [2.75, 3.05) is 11.9 Å². The van der Waals surface area contributed by atoms with Crippen LogP contribution in [0.5, 0.6) is 0 Å². The number of rotatable bonds is 4. The zero-order valence-electron chi connectivity index (χ0n) is 9.71. The number of halogens is 1. The smallest absolute Gasteiger partial charge is 0.0637 e. The molecular formula is C14H20ClN. The van der Waals surface area contributed by atoms with Crippen molar-refractivity contribution < 1.29 is 0 Å². The van der Waals surface area contributed by atoms with Crippen LogP contribution < -0.4 is 5.32 Å². The maximum atomic E-state index is 6.08. The normalized spacial score (nSPS) is 17.3. The van der Waals surface area contributed by atoms with E-state index in [1.165, 1.54) is 38.5 Å². The molecule has 16 heavy (non-hydrogen) atoms. The van der Waals surface area contributed by atoms with Crippen LogP contribution in [0.2, 0.25) is 5.02 Å². The summed E-state index contributed by atoms with van der Waals surface area (Å²) in [4.78, 5) is 0. The Morgan fingerprint density at radius 3 is 2.62 bits per heavy atom. The molecule has 1 fully saturated rings. The first-order chi connectivity index (χ1) is 7.86. The molecule has 2 rings (SSSR count). The molecule has 0 bridgehead atoms. The molecule has 1 aromatic rings. The minimum atomic E-state index is 0.825. The highest BCUT2D eigenvalue weighted by Gasteiger charge is 2.12. The number of benzene rings is 1. The van der Waals surface area contributed by atoms with Gasteiger partial charge in [-0.25, -0.2) is 0 Å². The molecule has 0 atom stereocenters. The fraction of sp³-hybridized carbons (Fsp3) is 0.571. The molecule has 0 spiro atoms. The molecule has 1 aromatic carbocycles. The van der Waals surface area contributed by atoms with Crippen molar-refractivity contribution in [3.8, 4) is 0 Å². The third kappa shape index (κ3) is 3.41. The zero-order valence-corrected chi connectivity index (χ0v) is 10.5. The summed E-state index contributed by atoms with van der Waals surface area (Å²) < 4.78 is 0. The van der Waals surface area contributed by atoms with E-state index in [1.807, 2.05) is 24.3 Å². The van der Waals surface area contributed by atoms with E-state index >= 15 is 0 Å². The predicted molar refractivity (Wildman–Crippen MR) is 71.1 cm³/mol. The minimum absolute atomic E-state index is 0.825. The quantitative estimate of drug-likeness (QED) is 0.799. The number of anilines is 1. The van der Waals surface area contributed by atoms with Crippen molar-refractivity contribution in [1.82, 2.24) is 0 Å². The van der Waals surface area contributed by atoms with Gasteiger partial charge >= 0.3 is 0 Å². The Labute approximate surface area is 103 Å². The molecule has 0 radical (unpaired) electrons. The fourth-order valence-corrected chi connectivity index (χ4v) is 2.69. The molecule has 1 aliphatic carbocycles. The van der Waals surface area contributed by atoms with Gasteiger partial charge in [0, 0.05) is 6.54 Å². The molecule has 2 heteroatoms. The summed E-state index contributed by atoms with van der Waals surface area (Å²) in [5, 5.41) is 4.25. The van der Waals surface area contributed by atoms with Crippen LogP contribution in [-0.4, -0.2) is 6.54 Å². The lowest BCUT2D eigenvalue weighted by atomic mass is 9.87. The molecule has 0 heterocycles. The van der Waals surface area contributed by atoms with E-state index in [2.05, 4.69) is 5.32 Å². The second-order valence-corrected chi connectivity index (χ2v) is 5.11. The van der Waals surface area contributed by atoms with Gasteiger partial charge in [0.1, 0.15) is 0 Å². The molecule has 0 amide bonds. The monoisotopic (exact) mass is 237 g/mol.